The Hall–Kier alpha value is -2.13. The maximum absolute atomic E-state index is 12.5. The fourth-order valence-electron chi connectivity index (χ4n) is 2.84. The number of benzene rings is 1. The molecular weight excluding hydrogens is 455 g/mol. The van der Waals surface area contributed by atoms with E-state index in [0.717, 1.165) is 11.4 Å². The molecule has 10 heteroatoms. The largest absolute Gasteiger partial charge is 0.331 e. The van der Waals surface area contributed by atoms with Crippen molar-refractivity contribution >= 4 is 46.7 Å². The Morgan fingerprint density at radius 2 is 1.94 bits per heavy atom. The first-order valence-electron chi connectivity index (χ1n) is 9.78. The van der Waals surface area contributed by atoms with E-state index in [1.165, 1.54) is 22.9 Å². The highest BCUT2D eigenvalue weighted by Crippen LogP contribution is 2.29. The molecule has 2 aromatic heterocycles. The van der Waals surface area contributed by atoms with Crippen molar-refractivity contribution in [3.8, 4) is 0 Å². The Morgan fingerprint density at radius 3 is 2.61 bits per heavy atom. The number of anilines is 1. The van der Waals surface area contributed by atoms with E-state index in [9.17, 15) is 4.79 Å². The number of quaternary nitrogens is 1. The Balaban J connectivity index is 1.76. The number of carbonyl (C=O) groups is 1. The van der Waals surface area contributed by atoms with E-state index in [1.54, 1.807) is 6.92 Å². The van der Waals surface area contributed by atoms with Crippen molar-refractivity contribution in [1.29, 1.82) is 0 Å². The number of halogens is 2. The normalized spacial score (nSPS) is 12.2. The summed E-state index contributed by atoms with van der Waals surface area (Å²) in [6, 6.07) is 10.3. The van der Waals surface area contributed by atoms with Gasteiger partial charge in [-0.2, -0.15) is 0 Å². The minimum Gasteiger partial charge on any atom is -0.331 e. The summed E-state index contributed by atoms with van der Waals surface area (Å²) >= 11 is 13.6. The molecule has 0 unspecified atom stereocenters. The summed E-state index contributed by atoms with van der Waals surface area (Å²) in [6.45, 7) is 4.52. The van der Waals surface area contributed by atoms with Crippen LogP contribution in [0.2, 0.25) is 10.0 Å². The van der Waals surface area contributed by atoms with Crippen LogP contribution in [0.25, 0.3) is 0 Å². The number of nitrogens with one attached hydrogen (secondary N) is 2. The first-order valence-corrected chi connectivity index (χ1v) is 11.5. The topological polar surface area (TPSA) is 77.1 Å². The third kappa shape index (κ3) is 5.77. The van der Waals surface area contributed by atoms with E-state index in [0.29, 0.717) is 33.1 Å². The monoisotopic (exact) mass is 479 g/mol. The van der Waals surface area contributed by atoms with Crippen LogP contribution in [-0.4, -0.2) is 45.5 Å². The van der Waals surface area contributed by atoms with Crippen LogP contribution >= 0.6 is 35.0 Å². The van der Waals surface area contributed by atoms with Crippen LogP contribution in [0.4, 0.5) is 5.82 Å². The highest BCUT2D eigenvalue weighted by Gasteiger charge is 2.23. The number of hydrogen-bond acceptors (Lipinski definition) is 5. The molecule has 1 atom stereocenters. The van der Waals surface area contributed by atoms with Crippen molar-refractivity contribution in [2.75, 3.05) is 25.2 Å². The van der Waals surface area contributed by atoms with Gasteiger partial charge in [0.2, 0.25) is 5.91 Å². The molecule has 3 aromatic rings. The van der Waals surface area contributed by atoms with Gasteiger partial charge in [-0.3, -0.25) is 9.36 Å². The van der Waals surface area contributed by atoms with Gasteiger partial charge in [0.25, 0.3) is 0 Å². The maximum Gasteiger partial charge on any atom is 0.236 e. The average molecular weight is 480 g/mol. The van der Waals surface area contributed by atoms with Gasteiger partial charge in [-0.15, -0.1) is 10.2 Å². The van der Waals surface area contributed by atoms with Gasteiger partial charge < -0.3 is 10.2 Å². The van der Waals surface area contributed by atoms with Gasteiger partial charge in [0.1, 0.15) is 6.04 Å². The average Bonchev–Trinajstić information content (AvgIpc) is 3.15. The lowest BCUT2D eigenvalue weighted by Crippen LogP contribution is -3.05. The van der Waals surface area contributed by atoms with E-state index in [2.05, 4.69) is 58.2 Å². The van der Waals surface area contributed by atoms with Gasteiger partial charge in [-0.05, 0) is 25.0 Å². The Kier molecular flexibility index (Phi) is 7.94. The molecule has 0 aliphatic heterocycles. The number of thioether (sulfide) groups is 1. The first kappa shape index (κ1) is 23.5. The van der Waals surface area contributed by atoms with Crippen molar-refractivity contribution in [2.24, 2.45) is 0 Å². The van der Waals surface area contributed by atoms with Gasteiger partial charge in [0.15, 0.2) is 16.8 Å². The van der Waals surface area contributed by atoms with Gasteiger partial charge in [-0.25, -0.2) is 4.98 Å². The first-order chi connectivity index (χ1) is 14.8. The van der Waals surface area contributed by atoms with Crippen LogP contribution in [0.3, 0.4) is 0 Å². The minimum atomic E-state index is -0.233. The van der Waals surface area contributed by atoms with Crippen LogP contribution < -0.4 is 10.2 Å². The second kappa shape index (κ2) is 10.5. The number of pyridine rings is 1. The summed E-state index contributed by atoms with van der Waals surface area (Å²) < 4.78 is 2.07. The number of carbonyl (C=O) groups excluding carboxylic acids is 1. The van der Waals surface area contributed by atoms with E-state index < -0.39 is 0 Å². The molecule has 0 bridgehead atoms. The number of rotatable bonds is 8. The molecule has 2 heterocycles. The number of aromatic nitrogens is 4. The zero-order valence-electron chi connectivity index (χ0n) is 17.8. The van der Waals surface area contributed by atoms with E-state index in [-0.39, 0.29) is 17.7 Å². The standard InChI is InChI=1S/C21H24Cl2N6OS/c1-13-16(22)10-24-19(18(13)23)25-17(30)12-31-21-27-26-20(14(2)28(3)4)29(21)11-15-8-6-5-7-9-15/h5-10,14H,11-12H2,1-4H3,(H,24,25,30)/p+1/t14-/m0/s1. The van der Waals surface area contributed by atoms with Crippen molar-refractivity contribution in [1.82, 2.24) is 19.7 Å². The molecule has 1 aromatic carbocycles. The molecule has 0 spiro atoms. The number of nitrogens with zero attached hydrogens (tertiary/aromatic N) is 4. The molecule has 0 saturated carbocycles. The lowest BCUT2D eigenvalue weighted by molar-refractivity contribution is -0.890. The zero-order chi connectivity index (χ0) is 22.5. The molecule has 3 rings (SSSR count). The van der Waals surface area contributed by atoms with Crippen LogP contribution in [0.1, 0.15) is 29.9 Å². The molecular formula is C21H25Cl2N6OS+. The van der Waals surface area contributed by atoms with Crippen molar-refractivity contribution in [3.05, 3.63) is 63.5 Å². The van der Waals surface area contributed by atoms with Crippen LogP contribution in [0.15, 0.2) is 41.7 Å². The van der Waals surface area contributed by atoms with E-state index in [4.69, 9.17) is 23.2 Å². The zero-order valence-corrected chi connectivity index (χ0v) is 20.1. The highest BCUT2D eigenvalue weighted by atomic mass is 35.5. The van der Waals surface area contributed by atoms with Gasteiger partial charge in [0, 0.05) is 6.20 Å². The third-order valence-electron chi connectivity index (χ3n) is 4.97. The molecule has 0 aliphatic carbocycles. The predicted molar refractivity (Wildman–Crippen MR) is 125 cm³/mol. The molecule has 2 N–H and O–H groups in total. The minimum absolute atomic E-state index is 0.149. The number of hydrogen-bond donors (Lipinski definition) is 2. The van der Waals surface area contributed by atoms with Crippen LogP contribution in [0, 0.1) is 6.92 Å². The highest BCUT2D eigenvalue weighted by molar-refractivity contribution is 7.99. The summed E-state index contributed by atoms with van der Waals surface area (Å²) in [7, 11) is 4.16. The fourth-order valence-corrected chi connectivity index (χ4v) is 3.98. The second-order valence-electron chi connectivity index (χ2n) is 7.44. The Bertz CT molecular complexity index is 1060. The molecule has 7 nitrogen and oxygen atoms in total. The van der Waals surface area contributed by atoms with Crippen molar-refractivity contribution < 1.29 is 9.69 Å². The van der Waals surface area contributed by atoms with E-state index in [1.807, 2.05) is 18.2 Å². The summed E-state index contributed by atoms with van der Waals surface area (Å²) in [5.41, 5.74) is 1.82. The van der Waals surface area contributed by atoms with Crippen LogP contribution in [-0.2, 0) is 11.3 Å². The lowest BCUT2D eigenvalue weighted by atomic mass is 10.2. The maximum atomic E-state index is 12.5. The van der Waals surface area contributed by atoms with Crippen molar-refractivity contribution in [2.45, 2.75) is 31.6 Å². The summed E-state index contributed by atoms with van der Waals surface area (Å²) in [5, 5.41) is 13.0. The second-order valence-corrected chi connectivity index (χ2v) is 9.17. The van der Waals surface area contributed by atoms with Gasteiger partial charge >= 0.3 is 0 Å². The molecule has 0 aliphatic rings. The van der Waals surface area contributed by atoms with Gasteiger partial charge in [0.05, 0.1) is 36.4 Å². The molecule has 31 heavy (non-hydrogen) atoms. The fraction of sp³-hybridized carbons (Fsp3) is 0.333. The Morgan fingerprint density at radius 1 is 1.23 bits per heavy atom. The quantitative estimate of drug-likeness (QED) is 0.484. The van der Waals surface area contributed by atoms with E-state index >= 15 is 0 Å². The van der Waals surface area contributed by atoms with Crippen molar-refractivity contribution in [3.63, 3.8) is 0 Å². The van der Waals surface area contributed by atoms with Crippen LogP contribution in [0.5, 0.6) is 0 Å². The molecule has 0 saturated heterocycles. The smallest absolute Gasteiger partial charge is 0.236 e. The summed E-state index contributed by atoms with van der Waals surface area (Å²) in [4.78, 5) is 17.9. The predicted octanol–water partition coefficient (Wildman–Crippen LogP) is 3.27. The third-order valence-corrected chi connectivity index (χ3v) is 6.79. The molecule has 1 amide bonds. The summed E-state index contributed by atoms with van der Waals surface area (Å²) in [6.07, 6.45) is 1.47. The SMILES string of the molecule is Cc1c(Cl)cnc(NC(=O)CSc2nnc([C@H](C)[NH+](C)C)n2Cc2ccccc2)c1Cl. The van der Waals surface area contributed by atoms with Gasteiger partial charge in [-0.1, -0.05) is 65.3 Å². The molecule has 0 fully saturated rings. The number of amides is 1. The Labute approximate surface area is 196 Å². The summed E-state index contributed by atoms with van der Waals surface area (Å²) in [5.74, 6) is 1.09. The lowest BCUT2D eigenvalue weighted by Gasteiger charge is -2.18. The molecule has 0 radical (unpaired) electrons. The molecule has 164 valence electrons.